The van der Waals surface area contributed by atoms with Crippen LogP contribution in [0, 0.1) is 32.9 Å². The molecule has 0 aliphatic rings. The average molecular weight is 770 g/mol. The molecule has 3 nitrogen and oxygen atoms in total. The summed E-state index contributed by atoms with van der Waals surface area (Å²) in [4.78, 5) is 14.0. The molecule has 46 heavy (non-hydrogen) atoms. The SMILES string of the molecule is Cc1[c-]c(-c2cc3ccccc3cn2)cc(C)c1C.[Ir].[c-]1ccc(-c2ccccc2)cc1-c1ncc2c(ccc3ccccc32)n1. The largest absolute Gasteiger partial charge is 0.304 e. The van der Waals surface area contributed by atoms with Crippen molar-refractivity contribution in [3.63, 3.8) is 0 Å². The maximum Gasteiger partial charge on any atom is 0.0756 e. The van der Waals surface area contributed by atoms with Crippen LogP contribution in [0.15, 0.2) is 134 Å². The van der Waals surface area contributed by atoms with Gasteiger partial charge < -0.3 is 4.98 Å². The number of hydrogen-bond donors (Lipinski definition) is 0. The Labute approximate surface area is 283 Å². The molecule has 0 unspecified atom stereocenters. The Kier molecular flexibility index (Phi) is 9.12. The van der Waals surface area contributed by atoms with Crippen LogP contribution in [0.1, 0.15) is 16.7 Å². The second kappa shape index (κ2) is 13.5. The molecule has 0 bridgehead atoms. The smallest absolute Gasteiger partial charge is 0.0756 e. The summed E-state index contributed by atoms with van der Waals surface area (Å²) in [5.74, 6) is 0.700. The molecular formula is C42H31IrN3-2. The molecule has 0 aliphatic carbocycles. The molecule has 0 saturated carbocycles. The summed E-state index contributed by atoms with van der Waals surface area (Å²) in [6.45, 7) is 6.38. The van der Waals surface area contributed by atoms with Crippen molar-refractivity contribution in [2.75, 3.05) is 0 Å². The summed E-state index contributed by atoms with van der Waals surface area (Å²) in [5, 5.41) is 5.85. The molecule has 2 heterocycles. The Hall–Kier alpha value is -5.02. The Morgan fingerprint density at radius 2 is 1.30 bits per heavy atom. The van der Waals surface area contributed by atoms with Gasteiger partial charge in [0.15, 0.2) is 0 Å². The van der Waals surface area contributed by atoms with Gasteiger partial charge in [0.25, 0.3) is 0 Å². The second-order valence-corrected chi connectivity index (χ2v) is 11.3. The minimum atomic E-state index is 0. The van der Waals surface area contributed by atoms with Crippen LogP contribution in [0.2, 0.25) is 0 Å². The zero-order valence-electron chi connectivity index (χ0n) is 25.9. The van der Waals surface area contributed by atoms with Gasteiger partial charge in [0.2, 0.25) is 0 Å². The van der Waals surface area contributed by atoms with Gasteiger partial charge in [-0.2, -0.15) is 0 Å². The van der Waals surface area contributed by atoms with E-state index in [1.54, 1.807) is 0 Å². The van der Waals surface area contributed by atoms with Gasteiger partial charge in [-0.1, -0.05) is 112 Å². The fraction of sp³-hybridized carbons (Fsp3) is 0.0714. The van der Waals surface area contributed by atoms with E-state index in [0.29, 0.717) is 5.82 Å². The normalized spacial score (nSPS) is 10.8. The Morgan fingerprint density at radius 1 is 0.565 bits per heavy atom. The van der Waals surface area contributed by atoms with Gasteiger partial charge in [0, 0.05) is 37.9 Å². The molecule has 2 aromatic heterocycles. The molecule has 0 spiro atoms. The van der Waals surface area contributed by atoms with Crippen LogP contribution in [-0.4, -0.2) is 15.0 Å². The standard InChI is InChI=1S/C24H15N2.C18H16N.Ir/c1-2-7-17(8-3-1)19-10-6-11-20(15-19)24-25-16-22-21-12-5-4-9-18(21)13-14-23(22)26-24;1-12-8-17(9-13(2)14(12)3)18-10-15-6-4-5-7-16(15)11-19-18;/h1-10,12-16H;4-8,10-11H,1-3H3;/q2*-1;. The van der Waals surface area contributed by atoms with Crippen molar-refractivity contribution in [1.29, 1.82) is 0 Å². The van der Waals surface area contributed by atoms with Crippen molar-refractivity contribution in [2.45, 2.75) is 20.8 Å². The van der Waals surface area contributed by atoms with E-state index in [-0.39, 0.29) is 20.1 Å². The van der Waals surface area contributed by atoms with Gasteiger partial charge in [0.1, 0.15) is 0 Å². The van der Waals surface area contributed by atoms with E-state index in [4.69, 9.17) is 4.98 Å². The van der Waals surface area contributed by atoms with Crippen molar-refractivity contribution in [2.24, 2.45) is 0 Å². The Bertz CT molecular complexity index is 2290. The van der Waals surface area contributed by atoms with Crippen molar-refractivity contribution in [3.05, 3.63) is 163 Å². The fourth-order valence-electron chi connectivity index (χ4n) is 5.64. The zero-order chi connectivity index (χ0) is 30.8. The number of fused-ring (bicyclic) bond motifs is 4. The van der Waals surface area contributed by atoms with Crippen LogP contribution in [0.25, 0.3) is 66.2 Å². The molecule has 1 radical (unpaired) electrons. The van der Waals surface area contributed by atoms with E-state index in [0.717, 1.165) is 33.3 Å². The predicted octanol–water partition coefficient (Wildman–Crippen LogP) is 10.5. The molecule has 0 N–H and O–H groups in total. The molecule has 0 fully saturated rings. The van der Waals surface area contributed by atoms with Crippen LogP contribution >= 0.6 is 0 Å². The zero-order valence-corrected chi connectivity index (χ0v) is 28.3. The van der Waals surface area contributed by atoms with E-state index in [1.807, 2.05) is 54.9 Å². The summed E-state index contributed by atoms with van der Waals surface area (Å²) < 4.78 is 0. The Balaban J connectivity index is 0.000000166. The molecule has 8 aromatic rings. The van der Waals surface area contributed by atoms with Crippen molar-refractivity contribution in [1.82, 2.24) is 15.0 Å². The summed E-state index contributed by atoms with van der Waals surface area (Å²) >= 11 is 0. The summed E-state index contributed by atoms with van der Waals surface area (Å²) in [5.41, 5.74) is 10.0. The van der Waals surface area contributed by atoms with Crippen LogP contribution in [0.4, 0.5) is 0 Å². The fourth-order valence-corrected chi connectivity index (χ4v) is 5.64. The number of hydrogen-bond acceptors (Lipinski definition) is 3. The van der Waals surface area contributed by atoms with E-state index in [2.05, 4.69) is 122 Å². The molecule has 0 amide bonds. The van der Waals surface area contributed by atoms with Crippen LogP contribution in [0.5, 0.6) is 0 Å². The molecule has 4 heteroatoms. The summed E-state index contributed by atoms with van der Waals surface area (Å²) in [6, 6.07) is 48.2. The molecule has 8 rings (SSSR count). The van der Waals surface area contributed by atoms with Gasteiger partial charge in [-0.25, -0.2) is 0 Å². The third kappa shape index (κ3) is 6.37. The van der Waals surface area contributed by atoms with Gasteiger partial charge in [-0.3, -0.25) is 9.97 Å². The topological polar surface area (TPSA) is 38.7 Å². The molecule has 0 saturated heterocycles. The Morgan fingerprint density at radius 3 is 2.11 bits per heavy atom. The summed E-state index contributed by atoms with van der Waals surface area (Å²) in [6.07, 6.45) is 3.85. The number of aryl methyl sites for hydroxylation is 2. The molecule has 225 valence electrons. The number of pyridine rings is 1. The van der Waals surface area contributed by atoms with Crippen molar-refractivity contribution in [3.8, 4) is 33.8 Å². The quantitative estimate of drug-likeness (QED) is 0.133. The first-order valence-corrected chi connectivity index (χ1v) is 15.1. The molecule has 0 atom stereocenters. The van der Waals surface area contributed by atoms with Crippen molar-refractivity contribution >= 4 is 32.4 Å². The van der Waals surface area contributed by atoms with E-state index < -0.39 is 0 Å². The van der Waals surface area contributed by atoms with Crippen molar-refractivity contribution < 1.29 is 20.1 Å². The van der Waals surface area contributed by atoms with Crippen LogP contribution in [0.3, 0.4) is 0 Å². The van der Waals surface area contributed by atoms with Gasteiger partial charge in [0.05, 0.1) is 11.3 Å². The van der Waals surface area contributed by atoms with Gasteiger partial charge >= 0.3 is 0 Å². The second-order valence-electron chi connectivity index (χ2n) is 11.3. The first-order valence-electron chi connectivity index (χ1n) is 15.1. The maximum absolute atomic E-state index is 4.79. The van der Waals surface area contributed by atoms with Gasteiger partial charge in [-0.05, 0) is 38.9 Å². The van der Waals surface area contributed by atoms with Crippen LogP contribution < -0.4 is 0 Å². The van der Waals surface area contributed by atoms with E-state index in [9.17, 15) is 0 Å². The molecular weight excluding hydrogens is 739 g/mol. The maximum atomic E-state index is 4.79. The van der Waals surface area contributed by atoms with Crippen LogP contribution in [-0.2, 0) is 20.1 Å². The number of nitrogens with zero attached hydrogens (tertiary/aromatic N) is 3. The first-order chi connectivity index (χ1) is 22.0. The number of aromatic nitrogens is 3. The first kappa shape index (κ1) is 31.0. The average Bonchev–Trinajstić information content (AvgIpc) is 3.10. The third-order valence-corrected chi connectivity index (χ3v) is 8.38. The van der Waals surface area contributed by atoms with Gasteiger partial charge in [-0.15, -0.1) is 69.8 Å². The predicted molar refractivity (Wildman–Crippen MR) is 187 cm³/mol. The minimum absolute atomic E-state index is 0. The molecule has 0 aliphatic heterocycles. The number of rotatable bonds is 3. The number of benzene rings is 6. The van der Waals surface area contributed by atoms with E-state index in [1.165, 1.54) is 43.8 Å². The molecule has 6 aromatic carbocycles. The van der Waals surface area contributed by atoms with E-state index >= 15 is 0 Å². The summed E-state index contributed by atoms with van der Waals surface area (Å²) in [7, 11) is 0. The minimum Gasteiger partial charge on any atom is -0.304 e. The third-order valence-electron chi connectivity index (χ3n) is 8.38. The monoisotopic (exact) mass is 770 g/mol.